The van der Waals surface area contributed by atoms with Crippen LogP contribution in [0.2, 0.25) is 0 Å². The van der Waals surface area contributed by atoms with Crippen LogP contribution in [0.15, 0.2) is 0 Å². The monoisotopic (exact) mass is 315 g/mol. The molecule has 1 rings (SSSR count). The highest BCUT2D eigenvalue weighted by atomic mass is 19.4. The zero-order valence-electron chi connectivity index (χ0n) is 8.93. The first kappa shape index (κ1) is 16.4. The predicted octanol–water partition coefficient (Wildman–Crippen LogP) is 4.03. The van der Waals surface area contributed by atoms with Gasteiger partial charge >= 0.3 is 12.4 Å². The van der Waals surface area contributed by atoms with Crippen LogP contribution in [0.5, 0.6) is 0 Å². The number of hydrogen-bond donors (Lipinski definition) is 1. The van der Waals surface area contributed by atoms with Gasteiger partial charge in [0, 0.05) is 0 Å². The van der Waals surface area contributed by atoms with Crippen LogP contribution >= 0.6 is 0 Å². The van der Waals surface area contributed by atoms with E-state index in [0.717, 1.165) is 0 Å². The molecule has 1 aromatic rings. The van der Waals surface area contributed by atoms with Gasteiger partial charge in [-0.05, 0) is 0 Å². The third kappa shape index (κ3) is 2.61. The van der Waals surface area contributed by atoms with Crippen LogP contribution in [0, 0.1) is 23.3 Å². The Labute approximate surface area is 104 Å². The van der Waals surface area contributed by atoms with Crippen molar-refractivity contribution >= 4 is 5.69 Å². The van der Waals surface area contributed by atoms with Gasteiger partial charge in [-0.1, -0.05) is 0 Å². The van der Waals surface area contributed by atoms with Gasteiger partial charge in [-0.25, -0.2) is 17.6 Å². The molecule has 20 heavy (non-hydrogen) atoms. The van der Waals surface area contributed by atoms with Crippen molar-refractivity contribution in [3.05, 3.63) is 28.8 Å². The summed E-state index contributed by atoms with van der Waals surface area (Å²) in [5, 5.41) is 0. The minimum absolute atomic E-state index is 1.85. The highest BCUT2D eigenvalue weighted by Crippen LogP contribution is 2.48. The van der Waals surface area contributed by atoms with Gasteiger partial charge in [0.05, 0.1) is 5.56 Å². The zero-order chi connectivity index (χ0) is 16.0. The fraction of sp³-hybridized carbons (Fsp3) is 0.333. The number of rotatable bonds is 1. The molecule has 1 aromatic carbocycles. The van der Waals surface area contributed by atoms with Gasteiger partial charge in [0.25, 0.3) is 0 Å². The number of anilines is 1. The van der Waals surface area contributed by atoms with Crippen LogP contribution in [-0.4, -0.2) is 12.4 Å². The van der Waals surface area contributed by atoms with E-state index in [1.165, 1.54) is 0 Å². The number of nitrogens with two attached hydrogens (primary N) is 1. The van der Waals surface area contributed by atoms with Crippen molar-refractivity contribution in [1.29, 1.82) is 0 Å². The molecule has 0 aliphatic heterocycles. The van der Waals surface area contributed by atoms with Crippen molar-refractivity contribution in [2.45, 2.75) is 18.3 Å². The lowest BCUT2D eigenvalue weighted by molar-refractivity contribution is -0.255. The molecule has 0 saturated carbocycles. The van der Waals surface area contributed by atoms with E-state index in [0.29, 0.717) is 0 Å². The lowest BCUT2D eigenvalue weighted by Gasteiger charge is -2.24. The second kappa shape index (κ2) is 4.70. The number of halogens is 10. The fourth-order valence-corrected chi connectivity index (χ4v) is 1.43. The molecule has 0 unspecified atom stereocenters. The van der Waals surface area contributed by atoms with Gasteiger partial charge in [-0.2, -0.15) is 26.3 Å². The summed E-state index contributed by atoms with van der Waals surface area (Å²) in [5.74, 6) is -15.5. The Hall–Kier alpha value is -1.68. The van der Waals surface area contributed by atoms with Crippen LogP contribution in [0.25, 0.3) is 0 Å². The molecule has 0 aliphatic rings. The maximum atomic E-state index is 13.2. The molecular formula is C9H3F10N. The summed E-state index contributed by atoms with van der Waals surface area (Å²) in [4.78, 5) is 0. The average molecular weight is 315 g/mol. The average Bonchev–Trinajstić information content (AvgIpc) is 2.26. The molecule has 0 saturated heterocycles. The van der Waals surface area contributed by atoms with E-state index < -0.39 is 52.8 Å². The van der Waals surface area contributed by atoms with Crippen LogP contribution in [-0.2, 0) is 0 Å². The predicted molar refractivity (Wildman–Crippen MR) is 45.5 cm³/mol. The Morgan fingerprint density at radius 2 is 0.950 bits per heavy atom. The van der Waals surface area contributed by atoms with E-state index >= 15 is 0 Å². The topological polar surface area (TPSA) is 26.0 Å². The lowest BCUT2D eigenvalue weighted by Crippen LogP contribution is -2.36. The summed E-state index contributed by atoms with van der Waals surface area (Å²) in [6, 6.07) is 0. The molecule has 0 aliphatic carbocycles. The molecule has 0 heterocycles. The van der Waals surface area contributed by atoms with Crippen molar-refractivity contribution in [2.75, 3.05) is 5.73 Å². The van der Waals surface area contributed by atoms with Crippen molar-refractivity contribution in [3.8, 4) is 0 Å². The van der Waals surface area contributed by atoms with Crippen LogP contribution in [0.1, 0.15) is 11.5 Å². The highest BCUT2D eigenvalue weighted by molar-refractivity contribution is 5.46. The first-order chi connectivity index (χ1) is 8.80. The minimum atomic E-state index is -6.21. The molecule has 0 bridgehead atoms. The molecule has 0 atom stereocenters. The second-order valence-electron chi connectivity index (χ2n) is 3.60. The number of hydrogen-bond acceptors (Lipinski definition) is 1. The molecule has 2 N–H and O–H groups in total. The second-order valence-corrected chi connectivity index (χ2v) is 3.60. The van der Waals surface area contributed by atoms with Gasteiger partial charge in [0.1, 0.15) is 5.69 Å². The Bertz CT molecular complexity index is 486. The standard InChI is InChI=1S/C9H3F10N/c10-2-1(3(11)5(13)6(20)4(2)12)7(8(14,15)16)9(17,18)19/h7H,20H2. The van der Waals surface area contributed by atoms with E-state index in [1.807, 2.05) is 0 Å². The molecular weight excluding hydrogens is 312 g/mol. The van der Waals surface area contributed by atoms with Gasteiger partial charge in [-0.3, -0.25) is 0 Å². The summed E-state index contributed by atoms with van der Waals surface area (Å²) in [5.41, 5.74) is -0.201. The van der Waals surface area contributed by atoms with Crippen molar-refractivity contribution in [1.82, 2.24) is 0 Å². The maximum Gasteiger partial charge on any atom is 0.404 e. The quantitative estimate of drug-likeness (QED) is 0.472. The molecule has 1 nitrogen and oxygen atoms in total. The van der Waals surface area contributed by atoms with E-state index in [2.05, 4.69) is 5.73 Å². The summed E-state index contributed by atoms with van der Waals surface area (Å²) in [7, 11) is 0. The molecule has 0 aromatic heterocycles. The third-order valence-corrected chi connectivity index (χ3v) is 2.27. The van der Waals surface area contributed by atoms with Gasteiger partial charge in [0.2, 0.25) is 0 Å². The Balaban J connectivity index is 3.76. The molecule has 114 valence electrons. The van der Waals surface area contributed by atoms with Gasteiger partial charge < -0.3 is 5.73 Å². The van der Waals surface area contributed by atoms with E-state index in [9.17, 15) is 43.9 Å². The normalized spacial score (nSPS) is 13.2. The first-order valence-corrected chi connectivity index (χ1v) is 4.54. The van der Waals surface area contributed by atoms with Crippen LogP contribution in [0.3, 0.4) is 0 Å². The fourth-order valence-electron chi connectivity index (χ4n) is 1.43. The van der Waals surface area contributed by atoms with Crippen LogP contribution < -0.4 is 5.73 Å². The largest absolute Gasteiger partial charge is 0.404 e. The summed E-state index contributed by atoms with van der Waals surface area (Å²) >= 11 is 0. The summed E-state index contributed by atoms with van der Waals surface area (Å²) in [6.45, 7) is 0. The maximum absolute atomic E-state index is 13.2. The summed E-state index contributed by atoms with van der Waals surface area (Å²) < 4.78 is 126. The number of nitrogen functional groups attached to an aromatic ring is 1. The smallest absolute Gasteiger partial charge is 0.394 e. The third-order valence-electron chi connectivity index (χ3n) is 2.27. The zero-order valence-corrected chi connectivity index (χ0v) is 8.93. The van der Waals surface area contributed by atoms with E-state index in [-0.39, 0.29) is 0 Å². The lowest BCUT2D eigenvalue weighted by atomic mass is 9.95. The van der Waals surface area contributed by atoms with E-state index in [1.54, 1.807) is 0 Å². The Morgan fingerprint density at radius 3 is 1.20 bits per heavy atom. The molecule has 0 amide bonds. The van der Waals surface area contributed by atoms with E-state index in [4.69, 9.17) is 0 Å². The SMILES string of the molecule is Nc1c(F)c(F)c(C(C(F)(F)F)C(F)(F)F)c(F)c1F. The highest BCUT2D eigenvalue weighted by Gasteiger charge is 2.60. The molecule has 0 spiro atoms. The number of benzene rings is 1. The Kier molecular flexibility index (Phi) is 3.85. The molecule has 0 radical (unpaired) electrons. The molecule has 0 fully saturated rings. The van der Waals surface area contributed by atoms with Crippen LogP contribution in [0.4, 0.5) is 49.6 Å². The van der Waals surface area contributed by atoms with Crippen molar-refractivity contribution in [2.24, 2.45) is 0 Å². The van der Waals surface area contributed by atoms with Crippen molar-refractivity contribution in [3.63, 3.8) is 0 Å². The summed E-state index contributed by atoms with van der Waals surface area (Å²) in [6.07, 6.45) is -12.4. The van der Waals surface area contributed by atoms with Crippen molar-refractivity contribution < 1.29 is 43.9 Å². The number of alkyl halides is 6. The van der Waals surface area contributed by atoms with Gasteiger partial charge in [0.15, 0.2) is 29.2 Å². The molecule has 11 heteroatoms. The van der Waals surface area contributed by atoms with Gasteiger partial charge in [-0.15, -0.1) is 0 Å². The minimum Gasteiger partial charge on any atom is -0.394 e. The first-order valence-electron chi connectivity index (χ1n) is 4.54. The Morgan fingerprint density at radius 1 is 0.650 bits per heavy atom.